The molecule has 0 saturated heterocycles. The van der Waals surface area contributed by atoms with Gasteiger partial charge in [0, 0.05) is 6.54 Å². The van der Waals surface area contributed by atoms with Crippen LogP contribution in [0.1, 0.15) is 26.8 Å². The highest BCUT2D eigenvalue weighted by Crippen LogP contribution is 2.21. The molecule has 2 N–H and O–H groups in total. The number of carboxylic acid groups (broad SMARTS) is 1. The van der Waals surface area contributed by atoms with Crippen molar-refractivity contribution in [3.63, 3.8) is 0 Å². The van der Waals surface area contributed by atoms with E-state index in [2.05, 4.69) is 20.5 Å². The summed E-state index contributed by atoms with van der Waals surface area (Å²) in [7, 11) is 0. The van der Waals surface area contributed by atoms with Gasteiger partial charge in [-0.1, -0.05) is 0 Å². The number of hydrogen-bond acceptors (Lipinski definition) is 6. The molecule has 0 fully saturated rings. The van der Waals surface area contributed by atoms with Gasteiger partial charge in [0.2, 0.25) is 0 Å². The number of nitrogens with one attached hydrogen (secondary N) is 1. The summed E-state index contributed by atoms with van der Waals surface area (Å²) in [6, 6.07) is 5.41. The monoisotopic (exact) mass is 372 g/mol. The maximum atomic E-state index is 13.0. The van der Waals surface area contributed by atoms with Gasteiger partial charge in [0.1, 0.15) is 18.2 Å². The minimum atomic E-state index is -1.21. The first-order valence-electron chi connectivity index (χ1n) is 7.93. The molecule has 2 aromatic heterocycles. The number of carbonyl (C=O) groups excluding carboxylic acids is 1. The van der Waals surface area contributed by atoms with Crippen LogP contribution in [-0.2, 0) is 17.9 Å². The molecule has 10 nitrogen and oxygen atoms in total. The van der Waals surface area contributed by atoms with Gasteiger partial charge in [-0.2, -0.15) is 9.90 Å². The van der Waals surface area contributed by atoms with E-state index in [1.807, 2.05) is 0 Å². The lowest BCUT2D eigenvalue weighted by molar-refractivity contribution is 0.0642. The first kappa shape index (κ1) is 16.8. The summed E-state index contributed by atoms with van der Waals surface area (Å²) in [5, 5.41) is 19.9. The van der Waals surface area contributed by atoms with Crippen molar-refractivity contribution in [2.45, 2.75) is 13.2 Å². The normalized spacial score (nSPS) is 13.2. The van der Waals surface area contributed by atoms with E-state index in [1.165, 1.54) is 39.8 Å². The Morgan fingerprint density at radius 3 is 2.78 bits per heavy atom. The Morgan fingerprint density at radius 2 is 2.04 bits per heavy atom. The van der Waals surface area contributed by atoms with E-state index in [9.17, 15) is 19.1 Å². The molecule has 0 aliphatic carbocycles. The average molecular weight is 372 g/mol. The summed E-state index contributed by atoms with van der Waals surface area (Å²) < 4.78 is 19.7. The number of benzene rings is 1. The number of fused-ring (bicyclic) bond motifs is 1. The number of rotatable bonds is 4. The van der Waals surface area contributed by atoms with Crippen LogP contribution < -0.4 is 5.32 Å². The third-order valence-electron chi connectivity index (χ3n) is 3.95. The molecule has 1 aliphatic rings. The number of anilines is 1. The van der Waals surface area contributed by atoms with Crippen molar-refractivity contribution in [1.29, 1.82) is 0 Å². The average Bonchev–Trinajstić information content (AvgIpc) is 3.26. The number of nitrogens with zero attached hydrogens (tertiary/aromatic N) is 5. The molecular weight excluding hydrogens is 359 g/mol. The molecule has 3 heterocycles. The van der Waals surface area contributed by atoms with Crippen LogP contribution in [0.3, 0.4) is 0 Å². The maximum Gasteiger partial charge on any atom is 0.356 e. The lowest BCUT2D eigenvalue weighted by Crippen LogP contribution is -2.21. The predicted molar refractivity (Wildman–Crippen MR) is 88.1 cm³/mol. The standard InChI is InChI=1S/C16H13FN6O4/c17-9-1-3-10(4-2-9)23-18-7-11(21-23)15(24)20-14-13(16(25)26)22-5-6-27-8-12(22)19-14/h1-4,7H,5-6,8H2,(H,20,24)(H,25,26). The number of aromatic nitrogens is 5. The fourth-order valence-corrected chi connectivity index (χ4v) is 2.71. The number of imidazole rings is 1. The highest BCUT2D eigenvalue weighted by molar-refractivity contribution is 6.05. The largest absolute Gasteiger partial charge is 0.476 e. The van der Waals surface area contributed by atoms with Crippen LogP contribution in [-0.4, -0.2) is 48.1 Å². The van der Waals surface area contributed by atoms with Crippen LogP contribution >= 0.6 is 0 Å². The molecule has 4 rings (SSSR count). The van der Waals surface area contributed by atoms with Gasteiger partial charge in [-0.3, -0.25) is 4.79 Å². The van der Waals surface area contributed by atoms with Gasteiger partial charge >= 0.3 is 5.97 Å². The molecule has 0 atom stereocenters. The Morgan fingerprint density at radius 1 is 1.26 bits per heavy atom. The minimum Gasteiger partial charge on any atom is -0.476 e. The van der Waals surface area contributed by atoms with Crippen LogP contribution in [0.15, 0.2) is 30.5 Å². The van der Waals surface area contributed by atoms with Crippen LogP contribution in [0.4, 0.5) is 10.2 Å². The molecule has 3 aromatic rings. The number of carbonyl (C=O) groups is 2. The zero-order valence-corrected chi connectivity index (χ0v) is 13.8. The summed E-state index contributed by atoms with van der Waals surface area (Å²) in [5.41, 5.74) is 0.307. The van der Waals surface area contributed by atoms with Crippen molar-refractivity contribution in [2.24, 2.45) is 0 Å². The van der Waals surface area contributed by atoms with Crippen LogP contribution in [0.5, 0.6) is 0 Å². The quantitative estimate of drug-likeness (QED) is 0.702. The highest BCUT2D eigenvalue weighted by Gasteiger charge is 2.26. The van der Waals surface area contributed by atoms with E-state index in [0.29, 0.717) is 24.7 Å². The molecule has 0 spiro atoms. The smallest absolute Gasteiger partial charge is 0.356 e. The first-order valence-corrected chi connectivity index (χ1v) is 7.93. The molecule has 0 bridgehead atoms. The van der Waals surface area contributed by atoms with Crippen molar-refractivity contribution in [1.82, 2.24) is 24.5 Å². The third kappa shape index (κ3) is 3.15. The van der Waals surface area contributed by atoms with Crippen molar-refractivity contribution in [3.05, 3.63) is 53.5 Å². The van der Waals surface area contributed by atoms with Crippen molar-refractivity contribution in [2.75, 3.05) is 11.9 Å². The number of ether oxygens (including phenoxy) is 1. The highest BCUT2D eigenvalue weighted by atomic mass is 19.1. The lowest BCUT2D eigenvalue weighted by Gasteiger charge is -2.15. The molecule has 1 aromatic carbocycles. The lowest BCUT2D eigenvalue weighted by atomic mass is 10.3. The Bertz CT molecular complexity index is 1030. The van der Waals surface area contributed by atoms with Crippen LogP contribution in [0, 0.1) is 5.82 Å². The summed E-state index contributed by atoms with van der Waals surface area (Å²) in [6.45, 7) is 0.862. The maximum absolute atomic E-state index is 13.0. The van der Waals surface area contributed by atoms with E-state index in [0.717, 1.165) is 0 Å². The van der Waals surface area contributed by atoms with E-state index >= 15 is 0 Å². The molecule has 0 saturated carbocycles. The predicted octanol–water partition coefficient (Wildman–Crippen LogP) is 1.08. The second-order valence-electron chi connectivity index (χ2n) is 5.68. The number of aromatic carboxylic acids is 1. The van der Waals surface area contributed by atoms with Gasteiger partial charge in [0.15, 0.2) is 17.2 Å². The molecule has 11 heteroatoms. The van der Waals surface area contributed by atoms with Crippen LogP contribution in [0.2, 0.25) is 0 Å². The van der Waals surface area contributed by atoms with Gasteiger partial charge in [0.25, 0.3) is 5.91 Å². The topological polar surface area (TPSA) is 124 Å². The molecule has 0 unspecified atom stereocenters. The third-order valence-corrected chi connectivity index (χ3v) is 3.95. The SMILES string of the molecule is O=C(Nc1nc2n(c1C(=O)O)CCOC2)c1cnn(-c2ccc(F)cc2)n1. The molecule has 0 radical (unpaired) electrons. The summed E-state index contributed by atoms with van der Waals surface area (Å²) in [5.74, 6) is -1.94. The fourth-order valence-electron chi connectivity index (χ4n) is 2.71. The summed E-state index contributed by atoms with van der Waals surface area (Å²) >= 11 is 0. The Labute approximate surface area is 151 Å². The second-order valence-corrected chi connectivity index (χ2v) is 5.68. The number of halogens is 1. The van der Waals surface area contributed by atoms with Gasteiger partial charge < -0.3 is 19.7 Å². The summed E-state index contributed by atoms with van der Waals surface area (Å²) in [4.78, 5) is 29.3. The van der Waals surface area contributed by atoms with E-state index in [1.54, 1.807) is 0 Å². The minimum absolute atomic E-state index is 0.0436. The number of carboxylic acids is 1. The zero-order valence-electron chi connectivity index (χ0n) is 13.8. The van der Waals surface area contributed by atoms with E-state index < -0.39 is 17.7 Å². The Kier molecular flexibility index (Phi) is 4.12. The first-order chi connectivity index (χ1) is 13.0. The van der Waals surface area contributed by atoms with E-state index in [-0.39, 0.29) is 23.8 Å². The van der Waals surface area contributed by atoms with Gasteiger partial charge in [-0.25, -0.2) is 14.2 Å². The van der Waals surface area contributed by atoms with Crippen molar-refractivity contribution >= 4 is 17.7 Å². The number of hydrogen-bond donors (Lipinski definition) is 2. The molecule has 27 heavy (non-hydrogen) atoms. The van der Waals surface area contributed by atoms with Crippen LogP contribution in [0.25, 0.3) is 5.69 Å². The fraction of sp³-hybridized carbons (Fsp3) is 0.188. The second kappa shape index (κ2) is 6.61. The summed E-state index contributed by atoms with van der Waals surface area (Å²) in [6.07, 6.45) is 1.22. The Balaban J connectivity index is 1.59. The zero-order chi connectivity index (χ0) is 19.0. The molecule has 138 valence electrons. The molecule has 1 amide bonds. The van der Waals surface area contributed by atoms with Gasteiger partial charge in [-0.15, -0.1) is 5.10 Å². The number of amides is 1. The van der Waals surface area contributed by atoms with E-state index in [4.69, 9.17) is 4.74 Å². The van der Waals surface area contributed by atoms with Gasteiger partial charge in [-0.05, 0) is 24.3 Å². The van der Waals surface area contributed by atoms with Gasteiger partial charge in [0.05, 0.1) is 18.5 Å². The molecular formula is C16H13FN6O4. The molecule has 1 aliphatic heterocycles. The van der Waals surface area contributed by atoms with Crippen molar-refractivity contribution in [3.8, 4) is 5.69 Å². The Hall–Kier alpha value is -3.60. The van der Waals surface area contributed by atoms with Crippen molar-refractivity contribution < 1.29 is 23.8 Å².